The maximum atomic E-state index is 10.4. The van der Waals surface area contributed by atoms with E-state index in [1.54, 1.807) is 0 Å². The Kier molecular flexibility index (Phi) is 2.34. The average Bonchev–Trinajstić information content (AvgIpc) is 2.64. The minimum Gasteiger partial charge on any atom is -0.443 e. The van der Waals surface area contributed by atoms with Gasteiger partial charge in [0, 0.05) is 0 Å². The van der Waals surface area contributed by atoms with Gasteiger partial charge in [-0.05, 0) is 32.2 Å². The van der Waals surface area contributed by atoms with E-state index in [1.165, 1.54) is 0 Å². The molecule has 4 heteroatoms. The van der Waals surface area contributed by atoms with E-state index in [0.29, 0.717) is 6.54 Å². The van der Waals surface area contributed by atoms with E-state index in [2.05, 4.69) is 0 Å². The molecule has 1 rings (SSSR count). The van der Waals surface area contributed by atoms with Crippen LogP contribution in [-0.4, -0.2) is 18.2 Å². The van der Waals surface area contributed by atoms with Crippen molar-refractivity contribution in [3.8, 4) is 0 Å². The molecule has 0 aromatic carbocycles. The molecular formula is C7H14N2O2. The van der Waals surface area contributed by atoms with E-state index in [9.17, 15) is 4.79 Å². The average molecular weight is 158 g/mol. The van der Waals surface area contributed by atoms with Crippen LogP contribution in [0.4, 0.5) is 4.79 Å². The normalized spacial score (nSPS) is 19.4. The largest absolute Gasteiger partial charge is 0.443 e. The van der Waals surface area contributed by atoms with Crippen LogP contribution >= 0.6 is 0 Å². The molecule has 0 unspecified atom stereocenters. The van der Waals surface area contributed by atoms with Crippen molar-refractivity contribution < 1.29 is 9.53 Å². The molecule has 1 aliphatic rings. The predicted molar refractivity (Wildman–Crippen MR) is 40.9 cm³/mol. The Bertz CT molecular complexity index is 155. The van der Waals surface area contributed by atoms with E-state index in [1.807, 2.05) is 0 Å². The predicted octanol–water partition coefficient (Wildman–Crippen LogP) is 0.353. The van der Waals surface area contributed by atoms with E-state index >= 15 is 0 Å². The molecule has 0 aliphatic heterocycles. The van der Waals surface area contributed by atoms with Gasteiger partial charge in [-0.3, -0.25) is 0 Å². The van der Waals surface area contributed by atoms with Crippen molar-refractivity contribution in [3.63, 3.8) is 0 Å². The number of nitrogens with two attached hydrogens (primary N) is 2. The lowest BCUT2D eigenvalue weighted by atomic mass is 10.2. The van der Waals surface area contributed by atoms with Gasteiger partial charge in [0.25, 0.3) is 0 Å². The van der Waals surface area contributed by atoms with Crippen molar-refractivity contribution in [1.82, 2.24) is 0 Å². The molecule has 0 spiro atoms. The summed E-state index contributed by atoms with van der Waals surface area (Å²) in [5.41, 5.74) is 9.99. The van der Waals surface area contributed by atoms with Gasteiger partial charge in [-0.25, -0.2) is 4.79 Å². The summed E-state index contributed by atoms with van der Waals surface area (Å²) < 4.78 is 4.93. The highest BCUT2D eigenvalue weighted by Crippen LogP contribution is 2.43. The summed E-state index contributed by atoms with van der Waals surface area (Å²) in [4.78, 5) is 10.4. The first kappa shape index (κ1) is 8.33. The number of hydrogen-bond acceptors (Lipinski definition) is 3. The van der Waals surface area contributed by atoms with Crippen LogP contribution in [0.3, 0.4) is 0 Å². The van der Waals surface area contributed by atoms with E-state index < -0.39 is 6.09 Å². The Morgan fingerprint density at radius 2 is 2.18 bits per heavy atom. The van der Waals surface area contributed by atoms with Gasteiger partial charge >= 0.3 is 6.09 Å². The van der Waals surface area contributed by atoms with Crippen molar-refractivity contribution in [2.75, 3.05) is 6.54 Å². The smallest absolute Gasteiger partial charge is 0.405 e. The minimum atomic E-state index is -0.667. The Labute approximate surface area is 65.9 Å². The fraction of sp³-hybridized carbons (Fsp3) is 0.857. The van der Waals surface area contributed by atoms with Crippen molar-refractivity contribution in [2.24, 2.45) is 11.5 Å². The quantitative estimate of drug-likeness (QED) is 0.619. The highest BCUT2D eigenvalue weighted by Gasteiger charge is 2.45. The van der Waals surface area contributed by atoms with Gasteiger partial charge in [-0.2, -0.15) is 0 Å². The summed E-state index contributed by atoms with van der Waals surface area (Å²) >= 11 is 0. The summed E-state index contributed by atoms with van der Waals surface area (Å²) in [5, 5.41) is 0. The second kappa shape index (κ2) is 3.09. The molecule has 0 saturated heterocycles. The first-order valence-corrected chi connectivity index (χ1v) is 3.87. The second-order valence-electron chi connectivity index (χ2n) is 3.00. The standard InChI is InChI=1S/C7H14N2O2/c8-5-1-2-7(3-4-7)11-6(9)10/h1-5,8H2,(H2,9,10). The number of amides is 1. The monoisotopic (exact) mass is 158 g/mol. The molecule has 0 bridgehead atoms. The van der Waals surface area contributed by atoms with Crippen molar-refractivity contribution >= 4 is 6.09 Å². The maximum absolute atomic E-state index is 10.4. The van der Waals surface area contributed by atoms with Crippen LogP contribution in [-0.2, 0) is 4.74 Å². The zero-order chi connectivity index (χ0) is 8.32. The van der Waals surface area contributed by atoms with Gasteiger partial charge in [-0.1, -0.05) is 0 Å². The number of hydrogen-bond donors (Lipinski definition) is 2. The number of rotatable bonds is 4. The van der Waals surface area contributed by atoms with Gasteiger partial charge in [0.15, 0.2) is 0 Å². The van der Waals surface area contributed by atoms with Crippen LogP contribution in [0.2, 0.25) is 0 Å². The van der Waals surface area contributed by atoms with Gasteiger partial charge < -0.3 is 16.2 Å². The van der Waals surface area contributed by atoms with Crippen molar-refractivity contribution in [2.45, 2.75) is 31.3 Å². The van der Waals surface area contributed by atoms with E-state index in [4.69, 9.17) is 16.2 Å². The lowest BCUT2D eigenvalue weighted by molar-refractivity contribution is 0.0843. The van der Waals surface area contributed by atoms with Crippen LogP contribution in [0.25, 0.3) is 0 Å². The third-order valence-electron chi connectivity index (χ3n) is 1.96. The summed E-state index contributed by atoms with van der Waals surface area (Å²) in [7, 11) is 0. The topological polar surface area (TPSA) is 78.3 Å². The molecule has 4 nitrogen and oxygen atoms in total. The minimum absolute atomic E-state index is 0.231. The van der Waals surface area contributed by atoms with Crippen LogP contribution in [0.5, 0.6) is 0 Å². The van der Waals surface area contributed by atoms with Gasteiger partial charge in [0.05, 0.1) is 0 Å². The van der Waals surface area contributed by atoms with Crippen LogP contribution < -0.4 is 11.5 Å². The number of carbonyl (C=O) groups excluding carboxylic acids is 1. The molecule has 0 atom stereocenters. The second-order valence-corrected chi connectivity index (χ2v) is 3.00. The molecule has 1 amide bonds. The third kappa shape index (κ3) is 2.38. The van der Waals surface area contributed by atoms with Crippen LogP contribution in [0, 0.1) is 0 Å². The molecular weight excluding hydrogens is 144 g/mol. The molecule has 0 heterocycles. The molecule has 1 saturated carbocycles. The highest BCUT2D eigenvalue weighted by molar-refractivity contribution is 5.65. The summed E-state index contributed by atoms with van der Waals surface area (Å²) in [6.45, 7) is 0.643. The molecule has 0 radical (unpaired) electrons. The third-order valence-corrected chi connectivity index (χ3v) is 1.96. The molecule has 4 N–H and O–H groups in total. The molecule has 0 aromatic heterocycles. The number of carbonyl (C=O) groups is 1. The van der Waals surface area contributed by atoms with Gasteiger partial charge in [-0.15, -0.1) is 0 Å². The van der Waals surface area contributed by atoms with E-state index in [-0.39, 0.29) is 5.60 Å². The fourth-order valence-corrected chi connectivity index (χ4v) is 1.18. The Morgan fingerprint density at radius 3 is 2.55 bits per heavy atom. The fourth-order valence-electron chi connectivity index (χ4n) is 1.18. The molecule has 11 heavy (non-hydrogen) atoms. The summed E-state index contributed by atoms with van der Waals surface area (Å²) in [5.74, 6) is 0. The summed E-state index contributed by atoms with van der Waals surface area (Å²) in [6.07, 6.45) is 2.96. The zero-order valence-corrected chi connectivity index (χ0v) is 6.51. The zero-order valence-electron chi connectivity index (χ0n) is 6.51. The van der Waals surface area contributed by atoms with Crippen LogP contribution in [0.15, 0.2) is 0 Å². The Hall–Kier alpha value is -0.770. The lowest BCUT2D eigenvalue weighted by Gasteiger charge is -2.13. The first-order valence-electron chi connectivity index (χ1n) is 3.87. The van der Waals surface area contributed by atoms with Crippen molar-refractivity contribution in [1.29, 1.82) is 0 Å². The molecule has 0 aromatic rings. The van der Waals surface area contributed by atoms with Gasteiger partial charge in [0.1, 0.15) is 5.60 Å². The van der Waals surface area contributed by atoms with Crippen LogP contribution in [0.1, 0.15) is 25.7 Å². The number of primary amides is 1. The number of ether oxygens (including phenoxy) is 1. The Morgan fingerprint density at radius 1 is 1.55 bits per heavy atom. The lowest BCUT2D eigenvalue weighted by Crippen LogP contribution is -2.24. The summed E-state index contributed by atoms with van der Waals surface area (Å²) in [6, 6.07) is 0. The maximum Gasteiger partial charge on any atom is 0.405 e. The highest BCUT2D eigenvalue weighted by atomic mass is 16.6. The molecule has 64 valence electrons. The van der Waals surface area contributed by atoms with Gasteiger partial charge in [0.2, 0.25) is 0 Å². The first-order chi connectivity index (χ1) is 5.18. The van der Waals surface area contributed by atoms with E-state index in [0.717, 1.165) is 25.7 Å². The molecule has 1 aliphatic carbocycles. The molecule has 1 fully saturated rings. The Balaban J connectivity index is 2.23. The van der Waals surface area contributed by atoms with Crippen molar-refractivity contribution in [3.05, 3.63) is 0 Å². The SMILES string of the molecule is NCCCC1(OC(N)=O)CC1.